The van der Waals surface area contributed by atoms with Gasteiger partial charge in [0, 0.05) is 18.6 Å². The van der Waals surface area contributed by atoms with Gasteiger partial charge in [0.25, 0.3) is 0 Å². The van der Waals surface area contributed by atoms with Gasteiger partial charge in [-0.2, -0.15) is 11.8 Å². The van der Waals surface area contributed by atoms with Crippen LogP contribution in [0.15, 0.2) is 0 Å². The molecule has 1 unspecified atom stereocenters. The van der Waals surface area contributed by atoms with Crippen molar-refractivity contribution in [3.05, 3.63) is 0 Å². The van der Waals surface area contributed by atoms with Crippen LogP contribution in [-0.2, 0) is 0 Å². The first-order valence-electron chi connectivity index (χ1n) is 6.91. The summed E-state index contributed by atoms with van der Waals surface area (Å²) in [4.78, 5) is 2.56. The highest BCUT2D eigenvalue weighted by Gasteiger charge is 2.30. The molecule has 0 heterocycles. The number of likely N-dealkylation sites (N-methyl/N-ethyl adjacent to an activating group) is 1. The third-order valence-electron chi connectivity index (χ3n) is 4.39. The maximum absolute atomic E-state index is 5.92. The van der Waals surface area contributed by atoms with Crippen LogP contribution in [-0.4, -0.2) is 42.6 Å². The summed E-state index contributed by atoms with van der Waals surface area (Å²) in [7, 11) is 2.28. The Labute approximate surface area is 112 Å². The van der Waals surface area contributed by atoms with Crippen LogP contribution in [0.4, 0.5) is 0 Å². The minimum atomic E-state index is 0.564. The predicted octanol–water partition coefficient (Wildman–Crippen LogP) is 2.97. The normalized spacial score (nSPS) is 22.9. The Bertz CT molecular complexity index is 208. The molecule has 0 radical (unpaired) electrons. The molecule has 0 bridgehead atoms. The van der Waals surface area contributed by atoms with Crippen molar-refractivity contribution in [3.8, 4) is 0 Å². The van der Waals surface area contributed by atoms with Crippen LogP contribution in [0.3, 0.4) is 0 Å². The van der Waals surface area contributed by atoms with Crippen molar-refractivity contribution in [3.63, 3.8) is 0 Å². The molecule has 2 N–H and O–H groups in total. The molecule has 0 aliphatic heterocycles. The molecule has 3 heteroatoms. The summed E-state index contributed by atoms with van der Waals surface area (Å²) < 4.78 is 0. The first kappa shape index (κ1) is 15.3. The molecule has 0 amide bonds. The SMILES string of the molecule is CSCCC(CN)N(C)C1CCC(C)(C)CC1. The van der Waals surface area contributed by atoms with Gasteiger partial charge in [0.15, 0.2) is 0 Å². The van der Waals surface area contributed by atoms with E-state index in [0.29, 0.717) is 11.5 Å². The zero-order chi connectivity index (χ0) is 12.9. The van der Waals surface area contributed by atoms with E-state index in [1.54, 1.807) is 0 Å². The topological polar surface area (TPSA) is 29.3 Å². The number of hydrogen-bond acceptors (Lipinski definition) is 3. The summed E-state index contributed by atoms with van der Waals surface area (Å²) in [6.45, 7) is 5.60. The van der Waals surface area contributed by atoms with E-state index in [1.165, 1.54) is 37.9 Å². The molecule has 102 valence electrons. The summed E-state index contributed by atoms with van der Waals surface area (Å²) >= 11 is 1.93. The number of nitrogens with zero attached hydrogens (tertiary/aromatic N) is 1. The molecule has 1 atom stereocenters. The Balaban J connectivity index is 2.43. The molecule has 0 aromatic heterocycles. The van der Waals surface area contributed by atoms with E-state index in [9.17, 15) is 0 Å². The van der Waals surface area contributed by atoms with Crippen LogP contribution >= 0.6 is 11.8 Å². The molecule has 0 spiro atoms. The first-order valence-corrected chi connectivity index (χ1v) is 8.30. The second-order valence-electron chi connectivity index (χ2n) is 6.23. The maximum atomic E-state index is 5.92. The fourth-order valence-electron chi connectivity index (χ4n) is 2.83. The van der Waals surface area contributed by atoms with Crippen molar-refractivity contribution < 1.29 is 0 Å². The lowest BCUT2D eigenvalue weighted by molar-refractivity contribution is 0.0955. The summed E-state index contributed by atoms with van der Waals surface area (Å²) in [5, 5.41) is 0. The van der Waals surface area contributed by atoms with Gasteiger partial charge in [-0.25, -0.2) is 0 Å². The Kier molecular flexibility index (Phi) is 6.32. The minimum Gasteiger partial charge on any atom is -0.329 e. The Hall–Kier alpha value is 0.270. The second-order valence-corrected chi connectivity index (χ2v) is 7.22. The lowest BCUT2D eigenvalue weighted by Gasteiger charge is -2.41. The van der Waals surface area contributed by atoms with Crippen LogP contribution in [0.2, 0.25) is 0 Å². The Morgan fingerprint density at radius 1 is 1.35 bits per heavy atom. The van der Waals surface area contributed by atoms with E-state index >= 15 is 0 Å². The quantitative estimate of drug-likeness (QED) is 0.794. The molecule has 0 aromatic carbocycles. The monoisotopic (exact) mass is 258 g/mol. The van der Waals surface area contributed by atoms with Crippen molar-refractivity contribution in [1.82, 2.24) is 4.90 Å². The highest BCUT2D eigenvalue weighted by Crippen LogP contribution is 2.37. The fraction of sp³-hybridized carbons (Fsp3) is 1.00. The molecule has 0 aromatic rings. The van der Waals surface area contributed by atoms with E-state index in [4.69, 9.17) is 5.73 Å². The molecule has 1 aliphatic rings. The lowest BCUT2D eigenvalue weighted by Crippen LogP contribution is -2.46. The first-order chi connectivity index (χ1) is 8.00. The molecule has 1 rings (SSSR count). The van der Waals surface area contributed by atoms with Crippen molar-refractivity contribution in [2.75, 3.05) is 25.6 Å². The molecular weight excluding hydrogens is 228 g/mol. The summed E-state index contributed by atoms with van der Waals surface area (Å²) in [6, 6.07) is 1.34. The van der Waals surface area contributed by atoms with Crippen LogP contribution < -0.4 is 5.73 Å². The van der Waals surface area contributed by atoms with Crippen LogP contribution in [0.25, 0.3) is 0 Å². The molecule has 17 heavy (non-hydrogen) atoms. The third kappa shape index (κ3) is 4.80. The third-order valence-corrected chi connectivity index (χ3v) is 5.03. The highest BCUT2D eigenvalue weighted by molar-refractivity contribution is 7.98. The molecule has 2 nitrogen and oxygen atoms in total. The number of nitrogens with two attached hydrogens (primary N) is 1. The van der Waals surface area contributed by atoms with Gasteiger partial charge in [0.05, 0.1) is 0 Å². The van der Waals surface area contributed by atoms with Crippen LogP contribution in [0, 0.1) is 5.41 Å². The van der Waals surface area contributed by atoms with E-state index in [0.717, 1.165) is 12.6 Å². The smallest absolute Gasteiger partial charge is 0.0226 e. The maximum Gasteiger partial charge on any atom is 0.0226 e. The van der Waals surface area contributed by atoms with E-state index in [-0.39, 0.29) is 0 Å². The summed E-state index contributed by atoms with van der Waals surface area (Å²) in [5.41, 5.74) is 6.49. The summed E-state index contributed by atoms with van der Waals surface area (Å²) in [5.74, 6) is 1.23. The van der Waals surface area contributed by atoms with Gasteiger partial charge in [-0.3, -0.25) is 4.90 Å². The predicted molar refractivity (Wildman–Crippen MR) is 79.6 cm³/mol. The van der Waals surface area contributed by atoms with Crippen molar-refractivity contribution in [2.24, 2.45) is 11.1 Å². The molecule has 1 aliphatic carbocycles. The number of rotatable bonds is 6. The number of hydrogen-bond donors (Lipinski definition) is 1. The molecule has 1 fully saturated rings. The number of thioether (sulfide) groups is 1. The lowest BCUT2D eigenvalue weighted by atomic mass is 9.75. The van der Waals surface area contributed by atoms with Gasteiger partial charge in [-0.05, 0) is 56.6 Å². The van der Waals surface area contributed by atoms with E-state index < -0.39 is 0 Å². The van der Waals surface area contributed by atoms with Gasteiger partial charge >= 0.3 is 0 Å². The average Bonchev–Trinajstić information content (AvgIpc) is 2.29. The standard InChI is InChI=1S/C14H30N2S/c1-14(2)8-5-12(6-9-14)16(3)13(11-15)7-10-17-4/h12-13H,5-11,15H2,1-4H3. The second kappa shape index (κ2) is 7.01. The molecular formula is C14H30N2S. The zero-order valence-corrected chi connectivity index (χ0v) is 12.9. The van der Waals surface area contributed by atoms with Crippen LogP contribution in [0.1, 0.15) is 46.0 Å². The largest absolute Gasteiger partial charge is 0.329 e. The van der Waals surface area contributed by atoms with Crippen molar-refractivity contribution in [1.29, 1.82) is 0 Å². The van der Waals surface area contributed by atoms with Crippen molar-refractivity contribution in [2.45, 2.75) is 58.0 Å². The van der Waals surface area contributed by atoms with E-state index in [2.05, 4.69) is 32.1 Å². The molecule has 0 saturated heterocycles. The van der Waals surface area contributed by atoms with Crippen LogP contribution in [0.5, 0.6) is 0 Å². The Morgan fingerprint density at radius 2 is 1.94 bits per heavy atom. The average molecular weight is 258 g/mol. The van der Waals surface area contributed by atoms with Gasteiger partial charge in [0.2, 0.25) is 0 Å². The van der Waals surface area contributed by atoms with Gasteiger partial charge in [-0.15, -0.1) is 0 Å². The van der Waals surface area contributed by atoms with Gasteiger partial charge in [-0.1, -0.05) is 13.8 Å². The highest BCUT2D eigenvalue weighted by atomic mass is 32.2. The Morgan fingerprint density at radius 3 is 2.41 bits per heavy atom. The van der Waals surface area contributed by atoms with E-state index in [1.807, 2.05) is 11.8 Å². The van der Waals surface area contributed by atoms with Crippen molar-refractivity contribution >= 4 is 11.8 Å². The fourth-order valence-corrected chi connectivity index (χ4v) is 3.34. The summed E-state index contributed by atoms with van der Waals surface area (Å²) in [6.07, 6.45) is 8.83. The minimum absolute atomic E-state index is 0.564. The molecule has 1 saturated carbocycles. The van der Waals surface area contributed by atoms with Gasteiger partial charge < -0.3 is 5.73 Å². The zero-order valence-electron chi connectivity index (χ0n) is 12.0. The van der Waals surface area contributed by atoms with Gasteiger partial charge in [0.1, 0.15) is 0 Å².